The zero-order chi connectivity index (χ0) is 13.3. The number of carbonyl (C=O) groups excluding carboxylic acids is 1. The molecule has 1 aromatic heterocycles. The minimum atomic E-state index is -1.35. The predicted octanol–water partition coefficient (Wildman–Crippen LogP) is 3.82. The van der Waals surface area contributed by atoms with E-state index in [0.29, 0.717) is 23.4 Å². The van der Waals surface area contributed by atoms with Crippen LogP contribution in [0.1, 0.15) is 37.2 Å². The fraction of sp³-hybridized carbons (Fsp3) is 0.357. The van der Waals surface area contributed by atoms with Gasteiger partial charge in [0.15, 0.2) is 5.76 Å². The monoisotopic (exact) mass is 266 g/mol. The number of halogens is 1. The number of furan rings is 1. The smallest absolute Gasteiger partial charge is 0.229 e. The van der Waals surface area contributed by atoms with Crippen molar-refractivity contribution in [2.75, 3.05) is 0 Å². The third-order valence-electron chi connectivity index (χ3n) is 3.29. The van der Waals surface area contributed by atoms with Gasteiger partial charge < -0.3 is 9.52 Å². The summed E-state index contributed by atoms with van der Waals surface area (Å²) < 4.78 is 5.47. The Morgan fingerprint density at radius 1 is 1.33 bits per heavy atom. The van der Waals surface area contributed by atoms with Crippen LogP contribution in [0.15, 0.2) is 28.7 Å². The van der Waals surface area contributed by atoms with E-state index in [0.717, 1.165) is 5.39 Å². The van der Waals surface area contributed by atoms with Gasteiger partial charge in [0.25, 0.3) is 0 Å². The van der Waals surface area contributed by atoms with Gasteiger partial charge in [-0.05, 0) is 37.1 Å². The fourth-order valence-corrected chi connectivity index (χ4v) is 2.11. The molecule has 4 heteroatoms. The summed E-state index contributed by atoms with van der Waals surface area (Å²) in [6, 6.07) is 6.77. The Kier molecular flexibility index (Phi) is 3.46. The van der Waals surface area contributed by atoms with Gasteiger partial charge in [0.2, 0.25) is 5.78 Å². The van der Waals surface area contributed by atoms with E-state index in [2.05, 4.69) is 0 Å². The Morgan fingerprint density at radius 3 is 2.61 bits per heavy atom. The van der Waals surface area contributed by atoms with E-state index in [-0.39, 0.29) is 11.5 Å². The molecular weight excluding hydrogens is 252 g/mol. The van der Waals surface area contributed by atoms with Gasteiger partial charge in [-0.1, -0.05) is 25.4 Å². The first-order chi connectivity index (χ1) is 8.50. The normalized spacial score (nSPS) is 12.0. The van der Waals surface area contributed by atoms with Crippen LogP contribution in [0.3, 0.4) is 0 Å². The maximum absolute atomic E-state index is 12.2. The van der Waals surface area contributed by atoms with Gasteiger partial charge in [0.1, 0.15) is 11.2 Å². The van der Waals surface area contributed by atoms with Crippen molar-refractivity contribution in [1.82, 2.24) is 0 Å². The molecule has 18 heavy (non-hydrogen) atoms. The molecule has 0 bridgehead atoms. The van der Waals surface area contributed by atoms with E-state index >= 15 is 0 Å². The molecule has 0 aliphatic rings. The van der Waals surface area contributed by atoms with E-state index in [4.69, 9.17) is 16.0 Å². The zero-order valence-electron chi connectivity index (χ0n) is 10.4. The lowest BCUT2D eigenvalue weighted by molar-refractivity contribution is 0.0253. The topological polar surface area (TPSA) is 50.4 Å². The molecule has 0 saturated carbocycles. The summed E-state index contributed by atoms with van der Waals surface area (Å²) in [5.74, 6) is -0.196. The molecule has 0 aliphatic heterocycles. The lowest BCUT2D eigenvalue weighted by Gasteiger charge is -2.21. The van der Waals surface area contributed by atoms with Crippen molar-refractivity contribution in [3.05, 3.63) is 35.0 Å². The number of fused-ring (bicyclic) bond motifs is 1. The van der Waals surface area contributed by atoms with Crippen molar-refractivity contribution >= 4 is 28.4 Å². The molecule has 0 radical (unpaired) electrons. The number of rotatable bonds is 4. The standard InChI is InChI=1S/C14H15ClO3/c1-3-14(17,4-2)13(16)12-8-9-7-10(15)5-6-11(9)18-12/h5-8,17H,3-4H2,1-2H3. The second-order valence-corrected chi connectivity index (χ2v) is 4.80. The molecule has 0 spiro atoms. The van der Waals surface area contributed by atoms with E-state index in [1.165, 1.54) is 0 Å². The van der Waals surface area contributed by atoms with Crippen molar-refractivity contribution in [3.8, 4) is 0 Å². The largest absolute Gasteiger partial charge is 0.453 e. The molecular formula is C14H15ClO3. The highest BCUT2D eigenvalue weighted by atomic mass is 35.5. The summed E-state index contributed by atoms with van der Waals surface area (Å²) >= 11 is 5.88. The van der Waals surface area contributed by atoms with E-state index in [1.807, 2.05) is 0 Å². The molecule has 0 amide bonds. The highest BCUT2D eigenvalue weighted by molar-refractivity contribution is 6.31. The highest BCUT2D eigenvalue weighted by Gasteiger charge is 2.34. The maximum atomic E-state index is 12.2. The SMILES string of the molecule is CCC(O)(CC)C(=O)c1cc2cc(Cl)ccc2o1. The lowest BCUT2D eigenvalue weighted by Crippen LogP contribution is -2.36. The third-order valence-corrected chi connectivity index (χ3v) is 3.53. The molecule has 0 atom stereocenters. The second-order valence-electron chi connectivity index (χ2n) is 4.36. The first kappa shape index (κ1) is 13.1. The van der Waals surface area contributed by atoms with Crippen LogP contribution in [-0.4, -0.2) is 16.5 Å². The Balaban J connectivity index is 2.45. The molecule has 0 unspecified atom stereocenters. The second kappa shape index (κ2) is 4.75. The number of benzene rings is 1. The van der Waals surface area contributed by atoms with Gasteiger partial charge in [-0.25, -0.2) is 0 Å². The van der Waals surface area contributed by atoms with Crippen molar-refractivity contribution in [2.45, 2.75) is 32.3 Å². The Bertz CT molecular complexity index is 582. The Hall–Kier alpha value is -1.32. The quantitative estimate of drug-likeness (QED) is 0.856. The van der Waals surface area contributed by atoms with Crippen LogP contribution < -0.4 is 0 Å². The van der Waals surface area contributed by atoms with Gasteiger partial charge in [0.05, 0.1) is 0 Å². The van der Waals surface area contributed by atoms with Crippen molar-refractivity contribution in [1.29, 1.82) is 0 Å². The fourth-order valence-electron chi connectivity index (χ4n) is 1.93. The minimum absolute atomic E-state index is 0.179. The summed E-state index contributed by atoms with van der Waals surface area (Å²) in [4.78, 5) is 12.2. The first-order valence-electron chi connectivity index (χ1n) is 5.96. The van der Waals surface area contributed by atoms with Crippen LogP contribution in [0.4, 0.5) is 0 Å². The average molecular weight is 267 g/mol. The van der Waals surface area contributed by atoms with Crippen molar-refractivity contribution in [2.24, 2.45) is 0 Å². The molecule has 3 nitrogen and oxygen atoms in total. The van der Waals surface area contributed by atoms with Crippen LogP contribution in [-0.2, 0) is 0 Å². The summed E-state index contributed by atoms with van der Waals surface area (Å²) in [7, 11) is 0. The number of carbonyl (C=O) groups is 1. The Labute approximate surface area is 110 Å². The van der Waals surface area contributed by atoms with Crippen LogP contribution in [0, 0.1) is 0 Å². The van der Waals surface area contributed by atoms with Crippen LogP contribution in [0.25, 0.3) is 11.0 Å². The summed E-state index contributed by atoms with van der Waals surface area (Å²) in [5.41, 5.74) is -0.755. The Morgan fingerprint density at radius 2 is 2.00 bits per heavy atom. The minimum Gasteiger partial charge on any atom is -0.453 e. The maximum Gasteiger partial charge on any atom is 0.229 e. The first-order valence-corrected chi connectivity index (χ1v) is 6.34. The summed E-state index contributed by atoms with van der Waals surface area (Å²) in [6.07, 6.45) is 0.722. The number of hydrogen-bond acceptors (Lipinski definition) is 3. The van der Waals surface area contributed by atoms with Gasteiger partial charge in [-0.2, -0.15) is 0 Å². The zero-order valence-corrected chi connectivity index (χ0v) is 11.1. The number of Topliss-reactive ketones (excluding diaryl/α,β-unsaturated/α-hetero) is 1. The lowest BCUT2D eigenvalue weighted by atomic mass is 9.91. The molecule has 0 fully saturated rings. The summed E-state index contributed by atoms with van der Waals surface area (Å²) in [6.45, 7) is 3.56. The molecule has 2 rings (SSSR count). The van der Waals surface area contributed by atoms with Gasteiger partial charge >= 0.3 is 0 Å². The van der Waals surface area contributed by atoms with Gasteiger partial charge in [-0.15, -0.1) is 0 Å². The molecule has 1 aromatic carbocycles. The highest BCUT2D eigenvalue weighted by Crippen LogP contribution is 2.27. The predicted molar refractivity (Wildman–Crippen MR) is 71.1 cm³/mol. The molecule has 0 aliphatic carbocycles. The van der Waals surface area contributed by atoms with E-state index < -0.39 is 5.60 Å². The number of aliphatic hydroxyl groups is 1. The molecule has 0 saturated heterocycles. The average Bonchev–Trinajstić information content (AvgIpc) is 2.79. The van der Waals surface area contributed by atoms with Crippen LogP contribution in [0.2, 0.25) is 5.02 Å². The molecule has 2 aromatic rings. The molecule has 1 heterocycles. The van der Waals surface area contributed by atoms with Crippen LogP contribution >= 0.6 is 11.6 Å². The van der Waals surface area contributed by atoms with Crippen molar-refractivity contribution in [3.63, 3.8) is 0 Å². The van der Waals surface area contributed by atoms with E-state index in [9.17, 15) is 9.90 Å². The third kappa shape index (κ3) is 2.16. The summed E-state index contributed by atoms with van der Waals surface area (Å²) in [5, 5.41) is 11.5. The van der Waals surface area contributed by atoms with Crippen LogP contribution in [0.5, 0.6) is 0 Å². The molecule has 1 N–H and O–H groups in total. The molecule has 96 valence electrons. The van der Waals surface area contributed by atoms with Gasteiger partial charge in [-0.3, -0.25) is 4.79 Å². The van der Waals surface area contributed by atoms with Gasteiger partial charge in [0, 0.05) is 10.4 Å². The number of hydrogen-bond donors (Lipinski definition) is 1. The van der Waals surface area contributed by atoms with Crippen molar-refractivity contribution < 1.29 is 14.3 Å². The number of ketones is 1. The van der Waals surface area contributed by atoms with E-state index in [1.54, 1.807) is 38.1 Å².